The summed E-state index contributed by atoms with van der Waals surface area (Å²) in [6, 6.07) is 0. The van der Waals surface area contributed by atoms with E-state index in [1.54, 1.807) is 9.13 Å². The Hall–Kier alpha value is -1.07. The highest BCUT2D eigenvalue weighted by Gasteiger charge is 1.99. The van der Waals surface area contributed by atoms with Gasteiger partial charge in [0.05, 0.1) is 6.61 Å². The first-order chi connectivity index (χ1) is 7.79. The van der Waals surface area contributed by atoms with Crippen LogP contribution < -0.4 is 11.0 Å². The summed E-state index contributed by atoms with van der Waals surface area (Å²) in [6.07, 6.45) is 3.65. The van der Waals surface area contributed by atoms with Crippen molar-refractivity contribution in [2.75, 3.05) is 26.3 Å². The molecule has 0 unspecified atom stereocenters. The van der Waals surface area contributed by atoms with Crippen LogP contribution in [-0.4, -0.2) is 35.4 Å². The molecule has 0 aliphatic heterocycles. The monoisotopic (exact) mass is 227 g/mol. The number of imidazole rings is 1. The Kier molecular flexibility index (Phi) is 5.88. The van der Waals surface area contributed by atoms with E-state index in [0.717, 1.165) is 32.8 Å². The van der Waals surface area contributed by atoms with Crippen LogP contribution in [0.5, 0.6) is 0 Å². The van der Waals surface area contributed by atoms with Crippen molar-refractivity contribution < 1.29 is 4.74 Å². The number of hydrogen-bond donors (Lipinski definition) is 1. The molecule has 5 nitrogen and oxygen atoms in total. The minimum atomic E-state index is 0.0640. The van der Waals surface area contributed by atoms with Crippen LogP contribution in [0.15, 0.2) is 17.2 Å². The zero-order chi connectivity index (χ0) is 11.8. The highest BCUT2D eigenvalue weighted by Crippen LogP contribution is 1.84. The van der Waals surface area contributed by atoms with Crippen molar-refractivity contribution in [2.24, 2.45) is 0 Å². The topological polar surface area (TPSA) is 48.2 Å². The molecule has 92 valence electrons. The van der Waals surface area contributed by atoms with Gasteiger partial charge in [-0.05, 0) is 13.8 Å². The molecule has 0 atom stereocenters. The Labute approximate surface area is 96.0 Å². The summed E-state index contributed by atoms with van der Waals surface area (Å²) in [5, 5.41) is 3.23. The molecule has 1 rings (SSSR count). The number of rotatable bonds is 8. The van der Waals surface area contributed by atoms with Gasteiger partial charge in [-0.1, -0.05) is 0 Å². The summed E-state index contributed by atoms with van der Waals surface area (Å²) in [5.41, 5.74) is 0.0640. The van der Waals surface area contributed by atoms with Gasteiger partial charge in [0.1, 0.15) is 0 Å². The number of nitrogens with one attached hydrogen (secondary N) is 1. The van der Waals surface area contributed by atoms with Crippen molar-refractivity contribution in [1.82, 2.24) is 14.5 Å². The molecule has 1 heterocycles. The third kappa shape index (κ3) is 3.83. The summed E-state index contributed by atoms with van der Waals surface area (Å²) in [7, 11) is 0. The van der Waals surface area contributed by atoms with Crippen LogP contribution in [0.2, 0.25) is 0 Å². The van der Waals surface area contributed by atoms with Gasteiger partial charge in [-0.3, -0.25) is 9.13 Å². The number of hydrogen-bond acceptors (Lipinski definition) is 3. The molecule has 5 heteroatoms. The minimum absolute atomic E-state index is 0.0640. The second-order valence-corrected chi connectivity index (χ2v) is 3.51. The smallest absolute Gasteiger partial charge is 0.328 e. The van der Waals surface area contributed by atoms with Crippen molar-refractivity contribution in [1.29, 1.82) is 0 Å². The maximum absolute atomic E-state index is 11.6. The maximum Gasteiger partial charge on any atom is 0.328 e. The first-order valence-electron chi connectivity index (χ1n) is 5.83. The average Bonchev–Trinajstić information content (AvgIpc) is 2.65. The third-order valence-corrected chi connectivity index (χ3v) is 2.42. The number of nitrogens with zero attached hydrogens (tertiary/aromatic N) is 2. The molecular formula is C11H21N3O2. The summed E-state index contributed by atoms with van der Waals surface area (Å²) in [6.45, 7) is 8.47. The number of aromatic nitrogens is 2. The molecule has 0 bridgehead atoms. The van der Waals surface area contributed by atoms with Crippen LogP contribution in [0.25, 0.3) is 0 Å². The Morgan fingerprint density at radius 3 is 2.62 bits per heavy atom. The fourth-order valence-corrected chi connectivity index (χ4v) is 1.48. The molecule has 0 aliphatic carbocycles. The summed E-state index contributed by atoms with van der Waals surface area (Å²) in [4.78, 5) is 11.6. The molecule has 1 aromatic rings. The molecule has 0 radical (unpaired) electrons. The first-order valence-corrected chi connectivity index (χ1v) is 5.83. The standard InChI is InChI=1S/C11H21N3O2/c1-3-13-8-9-14(11(13)15)7-5-12-6-10-16-4-2/h8-9,12H,3-7,10H2,1-2H3. The zero-order valence-corrected chi connectivity index (χ0v) is 10.1. The van der Waals surface area contributed by atoms with E-state index in [0.29, 0.717) is 6.54 Å². The van der Waals surface area contributed by atoms with E-state index in [4.69, 9.17) is 4.74 Å². The molecule has 0 saturated carbocycles. The molecule has 1 N–H and O–H groups in total. The highest BCUT2D eigenvalue weighted by atomic mass is 16.5. The fraction of sp³-hybridized carbons (Fsp3) is 0.727. The van der Waals surface area contributed by atoms with Crippen molar-refractivity contribution in [2.45, 2.75) is 26.9 Å². The van der Waals surface area contributed by atoms with Crippen molar-refractivity contribution in [3.8, 4) is 0 Å². The van der Waals surface area contributed by atoms with E-state index >= 15 is 0 Å². The molecule has 0 saturated heterocycles. The lowest BCUT2D eigenvalue weighted by Crippen LogP contribution is -2.29. The molecule has 0 spiro atoms. The predicted octanol–water partition coefficient (Wildman–Crippen LogP) is 0.296. The van der Waals surface area contributed by atoms with Gasteiger partial charge < -0.3 is 10.1 Å². The van der Waals surface area contributed by atoms with Crippen molar-refractivity contribution in [3.05, 3.63) is 22.9 Å². The van der Waals surface area contributed by atoms with Gasteiger partial charge >= 0.3 is 5.69 Å². The Balaban J connectivity index is 2.22. The van der Waals surface area contributed by atoms with Gasteiger partial charge in [0.25, 0.3) is 0 Å². The Morgan fingerprint density at radius 1 is 1.25 bits per heavy atom. The first kappa shape index (κ1) is 13.0. The fourth-order valence-electron chi connectivity index (χ4n) is 1.48. The van der Waals surface area contributed by atoms with Gasteiger partial charge in [0.2, 0.25) is 0 Å². The molecule has 0 aromatic carbocycles. The van der Waals surface area contributed by atoms with E-state index in [1.165, 1.54) is 0 Å². The van der Waals surface area contributed by atoms with Crippen LogP contribution in [0.3, 0.4) is 0 Å². The van der Waals surface area contributed by atoms with Crippen LogP contribution >= 0.6 is 0 Å². The number of aryl methyl sites for hydroxylation is 1. The van der Waals surface area contributed by atoms with Crippen molar-refractivity contribution >= 4 is 0 Å². The van der Waals surface area contributed by atoms with E-state index in [1.807, 2.05) is 26.2 Å². The van der Waals surface area contributed by atoms with Crippen molar-refractivity contribution in [3.63, 3.8) is 0 Å². The lowest BCUT2D eigenvalue weighted by atomic mass is 10.5. The Bertz CT molecular complexity index is 343. The highest BCUT2D eigenvalue weighted by molar-refractivity contribution is 4.81. The van der Waals surface area contributed by atoms with Gasteiger partial charge in [-0.25, -0.2) is 4.79 Å². The molecule has 0 fully saturated rings. The van der Waals surface area contributed by atoms with Gasteiger partial charge in [0.15, 0.2) is 0 Å². The zero-order valence-electron chi connectivity index (χ0n) is 10.1. The normalized spacial score (nSPS) is 10.9. The SMILES string of the molecule is CCOCCNCCn1ccn(CC)c1=O. The van der Waals surface area contributed by atoms with E-state index in [9.17, 15) is 4.79 Å². The quantitative estimate of drug-likeness (QED) is 0.650. The van der Waals surface area contributed by atoms with Crippen LogP contribution in [-0.2, 0) is 17.8 Å². The molecule has 0 amide bonds. The molecule has 0 aliphatic rings. The van der Waals surface area contributed by atoms with Gasteiger partial charge in [0, 0.05) is 45.2 Å². The maximum atomic E-state index is 11.6. The Morgan fingerprint density at radius 2 is 2.00 bits per heavy atom. The van der Waals surface area contributed by atoms with E-state index in [-0.39, 0.29) is 5.69 Å². The third-order valence-electron chi connectivity index (χ3n) is 2.42. The largest absolute Gasteiger partial charge is 0.380 e. The molecule has 16 heavy (non-hydrogen) atoms. The second kappa shape index (κ2) is 7.24. The summed E-state index contributed by atoms with van der Waals surface area (Å²) in [5.74, 6) is 0. The predicted molar refractivity (Wildman–Crippen MR) is 63.7 cm³/mol. The minimum Gasteiger partial charge on any atom is -0.380 e. The van der Waals surface area contributed by atoms with Gasteiger partial charge in [-0.15, -0.1) is 0 Å². The average molecular weight is 227 g/mol. The van der Waals surface area contributed by atoms with Crippen LogP contribution in [0, 0.1) is 0 Å². The lowest BCUT2D eigenvalue weighted by molar-refractivity contribution is 0.149. The molecule has 1 aromatic heterocycles. The number of ether oxygens (including phenoxy) is 1. The second-order valence-electron chi connectivity index (χ2n) is 3.51. The lowest BCUT2D eigenvalue weighted by Gasteiger charge is -2.05. The summed E-state index contributed by atoms with van der Waals surface area (Å²) < 4.78 is 8.61. The van der Waals surface area contributed by atoms with Crippen LogP contribution in [0.4, 0.5) is 0 Å². The van der Waals surface area contributed by atoms with E-state index in [2.05, 4.69) is 5.32 Å². The van der Waals surface area contributed by atoms with E-state index < -0.39 is 0 Å². The van der Waals surface area contributed by atoms with Gasteiger partial charge in [-0.2, -0.15) is 0 Å². The van der Waals surface area contributed by atoms with Crippen LogP contribution in [0.1, 0.15) is 13.8 Å². The summed E-state index contributed by atoms with van der Waals surface area (Å²) >= 11 is 0. The molecular weight excluding hydrogens is 206 g/mol.